The Morgan fingerprint density at radius 3 is 2.50 bits per heavy atom. The minimum Gasteiger partial charge on any atom is -0.464 e. The summed E-state index contributed by atoms with van der Waals surface area (Å²) in [6.07, 6.45) is 1.27. The van der Waals surface area contributed by atoms with E-state index in [2.05, 4.69) is 5.32 Å². The third kappa shape index (κ3) is 3.37. The van der Waals surface area contributed by atoms with Crippen LogP contribution < -0.4 is 5.32 Å². The summed E-state index contributed by atoms with van der Waals surface area (Å²) in [4.78, 5) is 12.4. The summed E-state index contributed by atoms with van der Waals surface area (Å²) in [5.74, 6) is -0.814. The van der Waals surface area contributed by atoms with E-state index in [1.165, 1.54) is 6.07 Å². The fraction of sp³-hybridized carbons (Fsp3) is 0.562. The highest BCUT2D eigenvalue weighted by Gasteiger charge is 2.42. The standard InChI is InChI=1S/C16H24FNO2/c1-5-12(4)18-16(6-2,15(19)20-7-3)13-10-8-9-11-14(13)17/h8-12,18H,5-7H2,1-4H3. The van der Waals surface area contributed by atoms with Gasteiger partial charge in [0.2, 0.25) is 0 Å². The summed E-state index contributed by atoms with van der Waals surface area (Å²) < 4.78 is 19.4. The second-order valence-corrected chi connectivity index (χ2v) is 4.91. The Hall–Kier alpha value is -1.42. The van der Waals surface area contributed by atoms with Crippen LogP contribution in [0.5, 0.6) is 0 Å². The molecule has 0 aliphatic carbocycles. The van der Waals surface area contributed by atoms with Crippen molar-refractivity contribution in [2.45, 2.75) is 52.1 Å². The molecular weight excluding hydrogens is 257 g/mol. The second kappa shape index (κ2) is 7.39. The number of benzene rings is 1. The van der Waals surface area contributed by atoms with Gasteiger partial charge in [-0.3, -0.25) is 5.32 Å². The molecule has 0 spiro atoms. The van der Waals surface area contributed by atoms with Crippen LogP contribution in [0.3, 0.4) is 0 Å². The summed E-state index contributed by atoms with van der Waals surface area (Å²) in [7, 11) is 0. The third-order valence-corrected chi connectivity index (χ3v) is 3.59. The summed E-state index contributed by atoms with van der Waals surface area (Å²) in [5.41, 5.74) is -0.780. The number of nitrogens with one attached hydrogen (secondary N) is 1. The lowest BCUT2D eigenvalue weighted by Gasteiger charge is -2.34. The zero-order valence-electron chi connectivity index (χ0n) is 12.7. The van der Waals surface area contributed by atoms with Gasteiger partial charge in [-0.2, -0.15) is 0 Å². The number of ether oxygens (including phenoxy) is 1. The zero-order valence-corrected chi connectivity index (χ0v) is 12.7. The van der Waals surface area contributed by atoms with E-state index < -0.39 is 17.3 Å². The minimum atomic E-state index is -1.13. The third-order valence-electron chi connectivity index (χ3n) is 3.59. The molecule has 0 aliphatic heterocycles. The molecule has 0 aliphatic rings. The van der Waals surface area contributed by atoms with E-state index in [9.17, 15) is 9.18 Å². The van der Waals surface area contributed by atoms with Gasteiger partial charge >= 0.3 is 5.97 Å². The Balaban J connectivity index is 3.30. The van der Waals surface area contributed by atoms with Gasteiger partial charge < -0.3 is 4.74 Å². The van der Waals surface area contributed by atoms with Crippen LogP contribution in [0, 0.1) is 5.82 Å². The van der Waals surface area contributed by atoms with Gasteiger partial charge in [-0.15, -0.1) is 0 Å². The topological polar surface area (TPSA) is 38.3 Å². The summed E-state index contributed by atoms with van der Waals surface area (Å²) in [6.45, 7) is 7.88. The lowest BCUT2D eigenvalue weighted by Crippen LogP contribution is -2.53. The first-order chi connectivity index (χ1) is 9.51. The van der Waals surface area contributed by atoms with Gasteiger partial charge in [0.1, 0.15) is 11.4 Å². The van der Waals surface area contributed by atoms with E-state index in [1.54, 1.807) is 25.1 Å². The number of carbonyl (C=O) groups excluding carboxylic acids is 1. The summed E-state index contributed by atoms with van der Waals surface area (Å²) in [6, 6.07) is 6.45. The first kappa shape index (κ1) is 16.6. The predicted molar refractivity (Wildman–Crippen MR) is 77.9 cm³/mol. The quantitative estimate of drug-likeness (QED) is 0.779. The van der Waals surface area contributed by atoms with Crippen LogP contribution in [0.15, 0.2) is 24.3 Å². The monoisotopic (exact) mass is 281 g/mol. The van der Waals surface area contributed by atoms with Crippen molar-refractivity contribution in [3.63, 3.8) is 0 Å². The van der Waals surface area contributed by atoms with E-state index >= 15 is 0 Å². The van der Waals surface area contributed by atoms with Crippen molar-refractivity contribution in [3.05, 3.63) is 35.6 Å². The van der Waals surface area contributed by atoms with Gasteiger partial charge in [0.25, 0.3) is 0 Å². The number of hydrogen-bond donors (Lipinski definition) is 1. The van der Waals surface area contributed by atoms with E-state index in [0.717, 1.165) is 6.42 Å². The molecule has 0 saturated carbocycles. The number of esters is 1. The van der Waals surface area contributed by atoms with Gasteiger partial charge in [0, 0.05) is 11.6 Å². The predicted octanol–water partition coefficient (Wildman–Crippen LogP) is 3.38. The van der Waals surface area contributed by atoms with Crippen molar-refractivity contribution in [3.8, 4) is 0 Å². The fourth-order valence-electron chi connectivity index (χ4n) is 2.27. The largest absolute Gasteiger partial charge is 0.464 e. The van der Waals surface area contributed by atoms with Gasteiger partial charge in [-0.05, 0) is 32.8 Å². The van der Waals surface area contributed by atoms with Crippen molar-refractivity contribution >= 4 is 5.97 Å². The van der Waals surface area contributed by atoms with Crippen LogP contribution in [-0.2, 0) is 15.1 Å². The fourth-order valence-corrected chi connectivity index (χ4v) is 2.27. The Labute approximate surface area is 120 Å². The van der Waals surface area contributed by atoms with Crippen LogP contribution in [-0.4, -0.2) is 18.6 Å². The maximum atomic E-state index is 14.2. The van der Waals surface area contributed by atoms with Gasteiger partial charge in [0.15, 0.2) is 0 Å². The van der Waals surface area contributed by atoms with Gasteiger partial charge in [0.05, 0.1) is 6.61 Å². The smallest absolute Gasteiger partial charge is 0.331 e. The van der Waals surface area contributed by atoms with Crippen molar-refractivity contribution in [2.24, 2.45) is 0 Å². The molecule has 0 aromatic heterocycles. The Bertz CT molecular complexity index is 450. The summed E-state index contributed by atoms with van der Waals surface area (Å²) >= 11 is 0. The van der Waals surface area contributed by atoms with Gasteiger partial charge in [-0.25, -0.2) is 9.18 Å². The van der Waals surface area contributed by atoms with Crippen molar-refractivity contribution in [1.29, 1.82) is 0 Å². The Morgan fingerprint density at radius 2 is 2.00 bits per heavy atom. The van der Waals surface area contributed by atoms with Crippen molar-refractivity contribution in [1.82, 2.24) is 5.32 Å². The number of halogens is 1. The molecule has 0 fully saturated rings. The highest BCUT2D eigenvalue weighted by Crippen LogP contribution is 2.30. The molecule has 1 rings (SSSR count). The number of rotatable bonds is 7. The normalized spacial score (nSPS) is 15.4. The lowest BCUT2D eigenvalue weighted by molar-refractivity contribution is -0.152. The molecule has 2 atom stereocenters. The molecule has 1 N–H and O–H groups in total. The highest BCUT2D eigenvalue weighted by atomic mass is 19.1. The average molecular weight is 281 g/mol. The zero-order chi connectivity index (χ0) is 15.2. The first-order valence-electron chi connectivity index (χ1n) is 7.21. The Kier molecular flexibility index (Phi) is 6.14. The Morgan fingerprint density at radius 1 is 1.35 bits per heavy atom. The lowest BCUT2D eigenvalue weighted by atomic mass is 9.85. The van der Waals surface area contributed by atoms with E-state index in [1.807, 2.05) is 20.8 Å². The minimum absolute atomic E-state index is 0.0824. The first-order valence-corrected chi connectivity index (χ1v) is 7.21. The molecule has 0 saturated heterocycles. The molecule has 20 heavy (non-hydrogen) atoms. The molecule has 112 valence electrons. The van der Waals surface area contributed by atoms with E-state index in [-0.39, 0.29) is 12.6 Å². The highest BCUT2D eigenvalue weighted by molar-refractivity contribution is 5.82. The molecule has 1 aromatic rings. The second-order valence-electron chi connectivity index (χ2n) is 4.91. The molecule has 3 nitrogen and oxygen atoms in total. The van der Waals surface area contributed by atoms with E-state index in [4.69, 9.17) is 4.74 Å². The van der Waals surface area contributed by atoms with Crippen LogP contribution in [0.4, 0.5) is 4.39 Å². The van der Waals surface area contributed by atoms with Crippen LogP contribution >= 0.6 is 0 Å². The summed E-state index contributed by atoms with van der Waals surface area (Å²) in [5, 5.41) is 3.26. The molecule has 1 aromatic carbocycles. The number of carbonyl (C=O) groups is 1. The van der Waals surface area contributed by atoms with Crippen LogP contribution in [0.2, 0.25) is 0 Å². The molecule has 0 amide bonds. The molecule has 0 bridgehead atoms. The molecule has 2 unspecified atom stereocenters. The maximum Gasteiger partial charge on any atom is 0.331 e. The van der Waals surface area contributed by atoms with Crippen molar-refractivity contribution in [2.75, 3.05) is 6.61 Å². The molecule has 4 heteroatoms. The van der Waals surface area contributed by atoms with Gasteiger partial charge in [-0.1, -0.05) is 32.0 Å². The molecular formula is C16H24FNO2. The molecule has 0 radical (unpaired) electrons. The average Bonchev–Trinajstić information content (AvgIpc) is 2.45. The molecule has 0 heterocycles. The number of hydrogen-bond acceptors (Lipinski definition) is 3. The van der Waals surface area contributed by atoms with Crippen molar-refractivity contribution < 1.29 is 13.9 Å². The SMILES string of the molecule is CCOC(=O)C(CC)(NC(C)CC)c1ccccc1F. The van der Waals surface area contributed by atoms with Crippen LogP contribution in [0.1, 0.15) is 46.1 Å². The maximum absolute atomic E-state index is 14.2. The van der Waals surface area contributed by atoms with E-state index in [0.29, 0.717) is 12.0 Å². The van der Waals surface area contributed by atoms with Crippen LogP contribution in [0.25, 0.3) is 0 Å².